The van der Waals surface area contributed by atoms with Crippen molar-refractivity contribution in [3.8, 4) is 0 Å². The van der Waals surface area contributed by atoms with Gasteiger partial charge < -0.3 is 20.1 Å². The SMILES string of the molecule is C[C@]12C=CC(=O)C=C1CC[C@H]1[C@@H]3CC[C@](O)(C(=O)COC(=O)CCCCC(=O)O)[C@@]3(C)C[C@H](O)[C@@]12F. The number of ether oxygens (including phenoxy) is 1. The highest BCUT2D eigenvalue weighted by atomic mass is 19.1. The number of alkyl halides is 1. The molecule has 9 heteroatoms. The second kappa shape index (κ2) is 9.17. The molecule has 7 atom stereocenters. The standard InChI is InChI=1S/C27H35FO8/c1-24-11-9-17(29)13-16(24)7-8-19-18-10-12-26(35,25(18,2)14-20(30)27(19,24)28)21(31)15-36-23(34)6-4-3-5-22(32)33/h9,11,13,18-20,30,35H,3-8,10,12,14-15H2,1-2H3,(H,32,33)/t18-,19-,20-,24-,25-,26-,27-/m0/s1. The first kappa shape index (κ1) is 26.7. The fourth-order valence-electron chi connectivity index (χ4n) is 7.56. The smallest absolute Gasteiger partial charge is 0.306 e. The zero-order valence-electron chi connectivity index (χ0n) is 20.8. The predicted molar refractivity (Wildman–Crippen MR) is 125 cm³/mol. The normalized spacial score (nSPS) is 41.1. The van der Waals surface area contributed by atoms with Crippen LogP contribution in [0, 0.1) is 22.7 Å². The zero-order valence-corrected chi connectivity index (χ0v) is 20.8. The molecule has 0 radical (unpaired) electrons. The molecule has 0 amide bonds. The van der Waals surface area contributed by atoms with E-state index in [9.17, 15) is 29.4 Å². The van der Waals surface area contributed by atoms with Crippen molar-refractivity contribution in [1.29, 1.82) is 0 Å². The van der Waals surface area contributed by atoms with Gasteiger partial charge in [0.05, 0.1) is 6.10 Å². The molecule has 3 fully saturated rings. The molecule has 0 unspecified atom stereocenters. The molecular formula is C27H35FO8. The Bertz CT molecular complexity index is 1030. The molecule has 0 aromatic rings. The van der Waals surface area contributed by atoms with Crippen LogP contribution in [0.1, 0.15) is 71.6 Å². The number of rotatable bonds is 8. The summed E-state index contributed by atoms with van der Waals surface area (Å²) in [6.07, 6.45) is 4.65. The Hall–Kier alpha value is -2.39. The number of carboxylic acid groups (broad SMARTS) is 1. The number of fused-ring (bicyclic) bond motifs is 5. The summed E-state index contributed by atoms with van der Waals surface area (Å²) < 4.78 is 22.1. The molecule has 0 aromatic carbocycles. The lowest BCUT2D eigenvalue weighted by atomic mass is 9.44. The molecule has 198 valence electrons. The average molecular weight is 507 g/mol. The first-order chi connectivity index (χ1) is 16.8. The molecule has 0 spiro atoms. The number of carbonyl (C=O) groups excluding carboxylic acids is 3. The molecule has 36 heavy (non-hydrogen) atoms. The van der Waals surface area contributed by atoms with Crippen LogP contribution in [0.15, 0.2) is 23.8 Å². The van der Waals surface area contributed by atoms with Gasteiger partial charge >= 0.3 is 11.9 Å². The summed E-state index contributed by atoms with van der Waals surface area (Å²) in [6, 6.07) is 0. The van der Waals surface area contributed by atoms with Crippen LogP contribution in [-0.4, -0.2) is 62.8 Å². The minimum atomic E-state index is -2.05. The van der Waals surface area contributed by atoms with Gasteiger partial charge in [-0.25, -0.2) is 4.39 Å². The molecule has 8 nitrogen and oxygen atoms in total. The van der Waals surface area contributed by atoms with E-state index in [4.69, 9.17) is 9.84 Å². The van der Waals surface area contributed by atoms with Gasteiger partial charge in [0.2, 0.25) is 5.78 Å². The molecule has 0 aromatic heterocycles. The number of unbranched alkanes of at least 4 members (excludes halogenated alkanes) is 1. The van der Waals surface area contributed by atoms with E-state index in [0.717, 1.165) is 0 Å². The van der Waals surface area contributed by atoms with Gasteiger partial charge in [-0.2, -0.15) is 0 Å². The van der Waals surface area contributed by atoms with Crippen molar-refractivity contribution in [2.45, 2.75) is 89.0 Å². The maximum absolute atomic E-state index is 17.0. The Morgan fingerprint density at radius 3 is 2.53 bits per heavy atom. The summed E-state index contributed by atoms with van der Waals surface area (Å²) in [5, 5.41) is 31.5. The van der Waals surface area contributed by atoms with Crippen molar-refractivity contribution in [3.05, 3.63) is 23.8 Å². The first-order valence-electron chi connectivity index (χ1n) is 12.7. The van der Waals surface area contributed by atoms with E-state index in [-0.39, 0.29) is 37.4 Å². The van der Waals surface area contributed by atoms with Gasteiger partial charge in [0.1, 0.15) is 5.60 Å². The lowest BCUT2D eigenvalue weighted by molar-refractivity contribution is -0.217. The van der Waals surface area contributed by atoms with E-state index in [1.54, 1.807) is 19.9 Å². The molecule has 4 aliphatic carbocycles. The summed E-state index contributed by atoms with van der Waals surface area (Å²) >= 11 is 0. The highest BCUT2D eigenvalue weighted by molar-refractivity contribution is 6.01. The number of aliphatic carboxylic acids is 1. The number of Topliss-reactive ketones (excluding diaryl/α,β-unsaturated/α-hetero) is 1. The quantitative estimate of drug-likeness (QED) is 0.338. The lowest BCUT2D eigenvalue weighted by Gasteiger charge is -2.62. The van der Waals surface area contributed by atoms with Gasteiger partial charge in [-0.1, -0.05) is 18.6 Å². The Kier molecular flexibility index (Phi) is 6.79. The van der Waals surface area contributed by atoms with Gasteiger partial charge in [-0.05, 0) is 69.9 Å². The predicted octanol–water partition coefficient (Wildman–Crippen LogP) is 2.85. The van der Waals surface area contributed by atoms with E-state index in [0.29, 0.717) is 37.7 Å². The van der Waals surface area contributed by atoms with Crippen LogP contribution in [0.5, 0.6) is 0 Å². The Labute approximate surface area is 209 Å². The minimum absolute atomic E-state index is 0.0332. The van der Waals surface area contributed by atoms with E-state index in [1.165, 1.54) is 12.2 Å². The van der Waals surface area contributed by atoms with Crippen LogP contribution in [0.3, 0.4) is 0 Å². The number of carboxylic acids is 1. The van der Waals surface area contributed by atoms with E-state index in [2.05, 4.69) is 0 Å². The van der Waals surface area contributed by atoms with Crippen LogP contribution >= 0.6 is 0 Å². The highest BCUT2D eigenvalue weighted by Gasteiger charge is 2.74. The summed E-state index contributed by atoms with van der Waals surface area (Å²) in [4.78, 5) is 47.7. The number of aliphatic hydroxyl groups is 2. The largest absolute Gasteiger partial charge is 0.481 e. The maximum Gasteiger partial charge on any atom is 0.306 e. The van der Waals surface area contributed by atoms with Gasteiger partial charge in [0.25, 0.3) is 0 Å². The lowest BCUT2D eigenvalue weighted by Crippen LogP contribution is -2.69. The molecule has 3 N–H and O–H groups in total. The van der Waals surface area contributed by atoms with E-state index < -0.39 is 58.5 Å². The number of hydrogen-bond acceptors (Lipinski definition) is 7. The van der Waals surface area contributed by atoms with Crippen LogP contribution < -0.4 is 0 Å². The van der Waals surface area contributed by atoms with Crippen molar-refractivity contribution >= 4 is 23.5 Å². The number of ketones is 2. The zero-order chi connectivity index (χ0) is 26.5. The molecule has 0 heterocycles. The maximum atomic E-state index is 17.0. The summed E-state index contributed by atoms with van der Waals surface area (Å²) in [5.74, 6) is -3.47. The third kappa shape index (κ3) is 3.86. The molecule has 0 bridgehead atoms. The second-order valence-electron chi connectivity index (χ2n) is 11.3. The van der Waals surface area contributed by atoms with Gasteiger partial charge in [0, 0.05) is 29.6 Å². The van der Waals surface area contributed by atoms with E-state index >= 15 is 4.39 Å². The summed E-state index contributed by atoms with van der Waals surface area (Å²) in [7, 11) is 0. The molecular weight excluding hydrogens is 471 g/mol. The third-order valence-corrected chi connectivity index (χ3v) is 9.64. The third-order valence-electron chi connectivity index (χ3n) is 9.64. The minimum Gasteiger partial charge on any atom is -0.481 e. The van der Waals surface area contributed by atoms with Gasteiger partial charge in [0.15, 0.2) is 18.1 Å². The van der Waals surface area contributed by atoms with Crippen molar-refractivity contribution in [3.63, 3.8) is 0 Å². The van der Waals surface area contributed by atoms with Crippen molar-refractivity contribution in [1.82, 2.24) is 0 Å². The highest BCUT2D eigenvalue weighted by Crippen LogP contribution is 2.69. The van der Waals surface area contributed by atoms with Crippen LogP contribution in [-0.2, 0) is 23.9 Å². The molecule has 4 rings (SSSR count). The molecule has 3 saturated carbocycles. The van der Waals surface area contributed by atoms with Gasteiger partial charge in [-0.15, -0.1) is 0 Å². The second-order valence-corrected chi connectivity index (χ2v) is 11.3. The number of allylic oxidation sites excluding steroid dienone is 4. The first-order valence-corrected chi connectivity index (χ1v) is 12.7. The number of aliphatic hydroxyl groups excluding tert-OH is 1. The monoisotopic (exact) mass is 506 g/mol. The fourth-order valence-corrected chi connectivity index (χ4v) is 7.56. The average Bonchev–Trinajstić information content (AvgIpc) is 3.08. The Morgan fingerprint density at radius 2 is 1.83 bits per heavy atom. The number of esters is 1. The number of carbonyl (C=O) groups is 4. The van der Waals surface area contributed by atoms with Gasteiger partial charge in [-0.3, -0.25) is 19.2 Å². The van der Waals surface area contributed by atoms with Crippen LogP contribution in [0.2, 0.25) is 0 Å². The molecule has 4 aliphatic rings. The Balaban J connectivity index is 1.49. The topological polar surface area (TPSA) is 138 Å². The van der Waals surface area contributed by atoms with Crippen LogP contribution in [0.4, 0.5) is 4.39 Å². The fraction of sp³-hybridized carbons (Fsp3) is 0.704. The summed E-state index contributed by atoms with van der Waals surface area (Å²) in [5.41, 5.74) is -5.51. The summed E-state index contributed by atoms with van der Waals surface area (Å²) in [6.45, 7) is 2.79. The van der Waals surface area contributed by atoms with Crippen molar-refractivity contribution in [2.24, 2.45) is 22.7 Å². The Morgan fingerprint density at radius 1 is 1.14 bits per heavy atom. The van der Waals surface area contributed by atoms with Crippen molar-refractivity contribution < 1.29 is 43.6 Å². The molecule has 0 saturated heterocycles. The van der Waals surface area contributed by atoms with E-state index in [1.807, 2.05) is 0 Å². The number of halogens is 1. The van der Waals surface area contributed by atoms with Crippen molar-refractivity contribution in [2.75, 3.05) is 6.61 Å². The van der Waals surface area contributed by atoms with Crippen LogP contribution in [0.25, 0.3) is 0 Å². The molecule has 0 aliphatic heterocycles. The number of hydrogen-bond donors (Lipinski definition) is 3.